The maximum Gasteiger partial charge on any atom is 0.277 e. The van der Waals surface area contributed by atoms with Crippen molar-refractivity contribution >= 4 is 28.1 Å². The van der Waals surface area contributed by atoms with Gasteiger partial charge in [0.15, 0.2) is 6.61 Å². The molecule has 0 atom stereocenters. The highest BCUT2D eigenvalue weighted by atomic mass is 79.9. The largest absolute Gasteiger partial charge is 0.484 e. The van der Waals surface area contributed by atoms with Gasteiger partial charge in [0.05, 0.1) is 6.21 Å². The van der Waals surface area contributed by atoms with Gasteiger partial charge in [-0.15, -0.1) is 0 Å². The number of carbonyl (C=O) groups excluding carboxylic acids is 1. The van der Waals surface area contributed by atoms with Gasteiger partial charge in [-0.25, -0.2) is 5.43 Å². The van der Waals surface area contributed by atoms with Gasteiger partial charge < -0.3 is 4.74 Å². The monoisotopic (exact) mass is 408 g/mol. The number of halogens is 1. The van der Waals surface area contributed by atoms with Gasteiger partial charge in [0.1, 0.15) is 5.75 Å². The summed E-state index contributed by atoms with van der Waals surface area (Å²) in [5.41, 5.74) is 5.57. The Bertz CT molecular complexity index is 893. The van der Waals surface area contributed by atoms with E-state index in [1.807, 2.05) is 78.9 Å². The molecule has 3 aromatic rings. The maximum absolute atomic E-state index is 11.8. The molecule has 0 fully saturated rings. The summed E-state index contributed by atoms with van der Waals surface area (Å²) in [5, 5.41) is 3.92. The fraction of sp³-hybridized carbons (Fsp3) is 0.0476. The lowest BCUT2D eigenvalue weighted by Crippen LogP contribution is -2.24. The Kier molecular flexibility index (Phi) is 6.17. The van der Waals surface area contributed by atoms with Crippen molar-refractivity contribution in [1.29, 1.82) is 0 Å². The van der Waals surface area contributed by atoms with Crippen LogP contribution in [-0.2, 0) is 4.79 Å². The van der Waals surface area contributed by atoms with E-state index in [4.69, 9.17) is 4.74 Å². The summed E-state index contributed by atoms with van der Waals surface area (Å²) in [6.45, 7) is -0.0967. The number of nitrogens with zero attached hydrogens (tertiary/aromatic N) is 1. The molecule has 0 aliphatic rings. The lowest BCUT2D eigenvalue weighted by molar-refractivity contribution is -0.123. The van der Waals surface area contributed by atoms with Crippen molar-refractivity contribution in [3.63, 3.8) is 0 Å². The lowest BCUT2D eigenvalue weighted by Gasteiger charge is -2.06. The van der Waals surface area contributed by atoms with Crippen LogP contribution in [0.4, 0.5) is 0 Å². The van der Waals surface area contributed by atoms with Crippen LogP contribution in [0.3, 0.4) is 0 Å². The van der Waals surface area contributed by atoms with E-state index in [-0.39, 0.29) is 12.5 Å². The van der Waals surface area contributed by atoms with E-state index < -0.39 is 0 Å². The first-order valence-corrected chi connectivity index (χ1v) is 8.86. The Hall–Kier alpha value is -2.92. The molecule has 26 heavy (non-hydrogen) atoms. The highest BCUT2D eigenvalue weighted by Gasteiger charge is 2.02. The standard InChI is InChI=1S/C21H17BrN2O2/c22-19-8-4-5-16(13-19)14-23-24-21(25)15-26-20-11-9-18(10-12-20)17-6-2-1-3-7-17/h1-14H,15H2,(H,24,25)/b23-14+. The van der Waals surface area contributed by atoms with Gasteiger partial charge in [-0.05, 0) is 41.0 Å². The van der Waals surface area contributed by atoms with Gasteiger partial charge in [0, 0.05) is 4.47 Å². The van der Waals surface area contributed by atoms with E-state index >= 15 is 0 Å². The second kappa shape index (κ2) is 8.97. The average molecular weight is 409 g/mol. The zero-order chi connectivity index (χ0) is 18.2. The topological polar surface area (TPSA) is 50.7 Å². The predicted octanol–water partition coefficient (Wildman–Crippen LogP) is 4.65. The molecule has 5 heteroatoms. The molecule has 0 aliphatic carbocycles. The first kappa shape index (κ1) is 17.9. The Morgan fingerprint density at radius 2 is 1.69 bits per heavy atom. The molecular formula is C21H17BrN2O2. The molecule has 0 spiro atoms. The van der Waals surface area contributed by atoms with Crippen LogP contribution in [-0.4, -0.2) is 18.7 Å². The van der Waals surface area contributed by atoms with E-state index in [9.17, 15) is 4.79 Å². The third-order valence-corrected chi connectivity index (χ3v) is 4.08. The van der Waals surface area contributed by atoms with E-state index in [1.54, 1.807) is 6.21 Å². The molecule has 0 aliphatic heterocycles. The van der Waals surface area contributed by atoms with Crippen molar-refractivity contribution in [2.45, 2.75) is 0 Å². The summed E-state index contributed by atoms with van der Waals surface area (Å²) in [4.78, 5) is 11.8. The number of hydrogen-bond acceptors (Lipinski definition) is 3. The minimum atomic E-state index is -0.316. The van der Waals surface area contributed by atoms with Gasteiger partial charge in [-0.3, -0.25) is 4.79 Å². The van der Waals surface area contributed by atoms with Crippen LogP contribution in [0, 0.1) is 0 Å². The third kappa shape index (κ3) is 5.29. The number of carbonyl (C=O) groups is 1. The van der Waals surface area contributed by atoms with Crippen LogP contribution >= 0.6 is 15.9 Å². The van der Waals surface area contributed by atoms with E-state index in [1.165, 1.54) is 0 Å². The molecule has 0 aromatic heterocycles. The first-order chi connectivity index (χ1) is 12.7. The summed E-state index contributed by atoms with van der Waals surface area (Å²) in [5.74, 6) is 0.319. The number of amides is 1. The number of hydrogen-bond donors (Lipinski definition) is 1. The van der Waals surface area contributed by atoms with Gasteiger partial charge in [-0.1, -0.05) is 70.5 Å². The zero-order valence-electron chi connectivity index (χ0n) is 13.9. The van der Waals surface area contributed by atoms with Crippen LogP contribution in [0.25, 0.3) is 11.1 Å². The number of benzene rings is 3. The molecule has 130 valence electrons. The fourth-order valence-electron chi connectivity index (χ4n) is 2.32. The SMILES string of the molecule is O=C(COc1ccc(-c2ccccc2)cc1)N/N=C/c1cccc(Br)c1. The van der Waals surface area contributed by atoms with Crippen molar-refractivity contribution < 1.29 is 9.53 Å². The summed E-state index contributed by atoms with van der Waals surface area (Å²) in [7, 11) is 0. The predicted molar refractivity (Wildman–Crippen MR) is 107 cm³/mol. The molecular weight excluding hydrogens is 392 g/mol. The summed E-state index contributed by atoms with van der Waals surface area (Å²) in [6.07, 6.45) is 1.58. The molecule has 0 bridgehead atoms. The molecule has 1 N–H and O–H groups in total. The molecule has 0 unspecified atom stereocenters. The Labute approximate surface area is 160 Å². The highest BCUT2D eigenvalue weighted by molar-refractivity contribution is 9.10. The molecule has 4 nitrogen and oxygen atoms in total. The first-order valence-electron chi connectivity index (χ1n) is 8.06. The smallest absolute Gasteiger partial charge is 0.277 e. The maximum atomic E-state index is 11.8. The van der Waals surface area contributed by atoms with E-state index in [0.717, 1.165) is 21.2 Å². The Morgan fingerprint density at radius 1 is 0.962 bits per heavy atom. The summed E-state index contributed by atoms with van der Waals surface area (Å²) >= 11 is 3.38. The molecule has 1 amide bonds. The second-order valence-corrected chi connectivity index (χ2v) is 6.44. The van der Waals surface area contributed by atoms with Crippen molar-refractivity contribution in [1.82, 2.24) is 5.43 Å². The molecule has 0 saturated carbocycles. The minimum absolute atomic E-state index is 0.0967. The van der Waals surface area contributed by atoms with E-state index in [2.05, 4.69) is 26.5 Å². The molecule has 0 saturated heterocycles. The van der Waals surface area contributed by atoms with Crippen molar-refractivity contribution in [2.24, 2.45) is 5.10 Å². The van der Waals surface area contributed by atoms with Crippen LogP contribution in [0.2, 0.25) is 0 Å². The summed E-state index contributed by atoms with van der Waals surface area (Å²) < 4.78 is 6.44. The number of rotatable bonds is 6. The third-order valence-electron chi connectivity index (χ3n) is 3.58. The highest BCUT2D eigenvalue weighted by Crippen LogP contribution is 2.21. The van der Waals surface area contributed by atoms with E-state index in [0.29, 0.717) is 5.75 Å². The minimum Gasteiger partial charge on any atom is -0.484 e. The van der Waals surface area contributed by atoms with Crippen LogP contribution in [0.1, 0.15) is 5.56 Å². The zero-order valence-corrected chi connectivity index (χ0v) is 15.5. The van der Waals surface area contributed by atoms with Crippen LogP contribution in [0.15, 0.2) is 88.4 Å². The number of nitrogens with one attached hydrogen (secondary N) is 1. The van der Waals surface area contributed by atoms with Gasteiger partial charge in [0.25, 0.3) is 5.91 Å². The quantitative estimate of drug-likeness (QED) is 0.476. The Balaban J connectivity index is 1.48. The van der Waals surface area contributed by atoms with Crippen LogP contribution < -0.4 is 10.2 Å². The van der Waals surface area contributed by atoms with Gasteiger partial charge >= 0.3 is 0 Å². The summed E-state index contributed by atoms with van der Waals surface area (Å²) in [6, 6.07) is 25.3. The van der Waals surface area contributed by atoms with Crippen molar-refractivity contribution in [3.05, 3.63) is 88.9 Å². The molecule has 3 rings (SSSR count). The second-order valence-electron chi connectivity index (χ2n) is 5.53. The number of ether oxygens (including phenoxy) is 1. The average Bonchev–Trinajstić information content (AvgIpc) is 2.68. The van der Waals surface area contributed by atoms with Gasteiger partial charge in [-0.2, -0.15) is 5.10 Å². The lowest BCUT2D eigenvalue weighted by atomic mass is 10.1. The molecule has 3 aromatic carbocycles. The molecule has 0 radical (unpaired) electrons. The fourth-order valence-corrected chi connectivity index (χ4v) is 2.74. The van der Waals surface area contributed by atoms with Crippen molar-refractivity contribution in [3.8, 4) is 16.9 Å². The normalized spacial score (nSPS) is 10.7. The van der Waals surface area contributed by atoms with Crippen molar-refractivity contribution in [2.75, 3.05) is 6.61 Å². The Morgan fingerprint density at radius 3 is 2.42 bits per heavy atom. The molecule has 0 heterocycles. The number of hydrazone groups is 1. The van der Waals surface area contributed by atoms with Gasteiger partial charge in [0.2, 0.25) is 0 Å². The van der Waals surface area contributed by atoms with Crippen LogP contribution in [0.5, 0.6) is 5.75 Å².